The highest BCUT2D eigenvalue weighted by Crippen LogP contribution is 2.24. The molecule has 2 rings (SSSR count). The number of aromatic hydroxyl groups is 2. The molecule has 14 nitrogen and oxygen atoms in total. The van der Waals surface area contributed by atoms with Gasteiger partial charge in [-0.2, -0.15) is 8.42 Å². The maximum absolute atomic E-state index is 11.8. The Balaban J connectivity index is 1.88. The first-order valence-electron chi connectivity index (χ1n) is 6.97. The van der Waals surface area contributed by atoms with E-state index in [-0.39, 0.29) is 12.1 Å². The summed E-state index contributed by atoms with van der Waals surface area (Å²) in [4.78, 5) is 47.4. The van der Waals surface area contributed by atoms with E-state index in [0.29, 0.717) is 4.90 Å². The number of urea groups is 1. The number of carbonyl (C=O) groups is 4. The van der Waals surface area contributed by atoms with Crippen LogP contribution in [0.3, 0.4) is 0 Å². The second kappa shape index (κ2) is 7.34. The number of imide groups is 1. The van der Waals surface area contributed by atoms with Crippen molar-refractivity contribution in [2.75, 3.05) is 6.54 Å². The highest BCUT2D eigenvalue weighted by molar-refractivity contribution is 7.88. The van der Waals surface area contributed by atoms with Crippen molar-refractivity contribution in [3.63, 3.8) is 0 Å². The number of phenols is 2. The SMILES string of the molecule is O=C(O)N[C@H]1CN(C(=O)NS(=O)(=O)NNC(=O)c2ccc(O)c(O)c2)C1=O. The molecule has 1 aliphatic rings. The summed E-state index contributed by atoms with van der Waals surface area (Å²) in [5.74, 6) is -3.07. The van der Waals surface area contributed by atoms with Gasteiger partial charge in [-0.05, 0) is 18.2 Å². The summed E-state index contributed by atoms with van der Waals surface area (Å²) in [5.41, 5.74) is 1.53. The molecule has 1 fully saturated rings. The Hall–Kier alpha value is -3.59. The summed E-state index contributed by atoms with van der Waals surface area (Å²) in [6.45, 7) is -0.369. The third kappa shape index (κ3) is 4.73. The first-order chi connectivity index (χ1) is 12.5. The fraction of sp³-hybridized carbons (Fsp3) is 0.167. The second-order valence-corrected chi connectivity index (χ2v) is 6.54. The molecule has 27 heavy (non-hydrogen) atoms. The maximum atomic E-state index is 11.8. The molecule has 5 amide bonds. The smallest absolute Gasteiger partial charge is 0.405 e. The van der Waals surface area contributed by atoms with Crippen LogP contribution < -0.4 is 20.3 Å². The molecular formula is C12H13N5O9S. The van der Waals surface area contributed by atoms with Crippen molar-refractivity contribution in [2.24, 2.45) is 0 Å². The van der Waals surface area contributed by atoms with Crippen LogP contribution in [0.2, 0.25) is 0 Å². The van der Waals surface area contributed by atoms with Gasteiger partial charge in [0.25, 0.3) is 11.8 Å². The number of phenolic OH excluding ortho intramolecular Hbond substituents is 2. The normalized spacial score (nSPS) is 16.2. The van der Waals surface area contributed by atoms with E-state index >= 15 is 0 Å². The predicted molar refractivity (Wildman–Crippen MR) is 84.5 cm³/mol. The van der Waals surface area contributed by atoms with Crippen molar-refractivity contribution in [3.05, 3.63) is 23.8 Å². The van der Waals surface area contributed by atoms with Gasteiger partial charge in [0.15, 0.2) is 11.5 Å². The lowest BCUT2D eigenvalue weighted by molar-refractivity contribution is -0.138. The fourth-order valence-corrected chi connectivity index (χ4v) is 2.53. The van der Waals surface area contributed by atoms with Crippen LogP contribution in [0, 0.1) is 0 Å². The molecule has 0 unspecified atom stereocenters. The van der Waals surface area contributed by atoms with Gasteiger partial charge in [-0.25, -0.2) is 14.3 Å². The largest absolute Gasteiger partial charge is 0.504 e. The summed E-state index contributed by atoms with van der Waals surface area (Å²) in [5, 5.41) is 28.7. The number of β-lactam (4-membered cyclic amide) rings is 1. The molecule has 1 aliphatic heterocycles. The van der Waals surface area contributed by atoms with Gasteiger partial charge in [0.2, 0.25) is 0 Å². The topological polar surface area (TPSA) is 214 Å². The third-order valence-corrected chi connectivity index (χ3v) is 4.04. The Morgan fingerprint density at radius 3 is 2.37 bits per heavy atom. The molecule has 7 N–H and O–H groups in total. The van der Waals surface area contributed by atoms with Crippen molar-refractivity contribution in [2.45, 2.75) is 6.04 Å². The molecule has 1 aromatic carbocycles. The van der Waals surface area contributed by atoms with E-state index in [9.17, 15) is 32.7 Å². The Kier molecular flexibility index (Phi) is 5.36. The molecule has 15 heteroatoms. The quantitative estimate of drug-likeness (QED) is 0.160. The fourth-order valence-electron chi connectivity index (χ4n) is 1.91. The zero-order valence-electron chi connectivity index (χ0n) is 13.2. The van der Waals surface area contributed by atoms with E-state index in [1.54, 1.807) is 5.43 Å². The van der Waals surface area contributed by atoms with Crippen LogP contribution in [-0.2, 0) is 15.0 Å². The summed E-state index contributed by atoms with van der Waals surface area (Å²) in [6, 6.07) is 0.438. The molecule has 0 bridgehead atoms. The Bertz CT molecular complexity index is 916. The zero-order chi connectivity index (χ0) is 20.4. The first kappa shape index (κ1) is 19.7. The minimum atomic E-state index is -4.61. The monoisotopic (exact) mass is 403 g/mol. The van der Waals surface area contributed by atoms with E-state index < -0.39 is 51.7 Å². The van der Waals surface area contributed by atoms with Crippen LogP contribution in [0.25, 0.3) is 0 Å². The zero-order valence-corrected chi connectivity index (χ0v) is 14.0. The number of nitrogens with zero attached hydrogens (tertiary/aromatic N) is 1. The van der Waals surface area contributed by atoms with E-state index in [1.807, 2.05) is 5.32 Å². The Morgan fingerprint density at radius 1 is 1.15 bits per heavy atom. The van der Waals surface area contributed by atoms with E-state index in [4.69, 9.17) is 10.2 Å². The predicted octanol–water partition coefficient (Wildman–Crippen LogP) is -2.23. The lowest BCUT2D eigenvalue weighted by atomic mass is 10.1. The molecule has 0 aliphatic carbocycles. The first-order valence-corrected chi connectivity index (χ1v) is 8.45. The van der Waals surface area contributed by atoms with Gasteiger partial charge in [-0.15, -0.1) is 4.83 Å². The summed E-state index contributed by atoms with van der Waals surface area (Å²) >= 11 is 0. The highest BCUT2D eigenvalue weighted by atomic mass is 32.2. The van der Waals surface area contributed by atoms with Crippen molar-refractivity contribution in [1.29, 1.82) is 0 Å². The van der Waals surface area contributed by atoms with E-state index in [1.165, 1.54) is 9.55 Å². The lowest BCUT2D eigenvalue weighted by Crippen LogP contribution is -2.68. The molecule has 1 atom stereocenters. The minimum Gasteiger partial charge on any atom is -0.504 e. The number of hydrogen-bond acceptors (Lipinski definition) is 8. The van der Waals surface area contributed by atoms with Crippen molar-refractivity contribution < 1.29 is 42.9 Å². The van der Waals surface area contributed by atoms with Crippen molar-refractivity contribution in [3.8, 4) is 11.5 Å². The number of rotatable bonds is 5. The van der Waals surface area contributed by atoms with Crippen LogP contribution in [0.5, 0.6) is 11.5 Å². The lowest BCUT2D eigenvalue weighted by Gasteiger charge is -2.35. The average molecular weight is 403 g/mol. The molecule has 0 saturated carbocycles. The maximum Gasteiger partial charge on any atom is 0.405 e. The number of benzene rings is 1. The number of amides is 5. The molecule has 0 radical (unpaired) electrons. The van der Waals surface area contributed by atoms with Crippen LogP contribution in [0.4, 0.5) is 9.59 Å². The molecule has 1 saturated heterocycles. The highest BCUT2D eigenvalue weighted by Gasteiger charge is 2.42. The van der Waals surface area contributed by atoms with Crippen molar-refractivity contribution >= 4 is 34.1 Å². The van der Waals surface area contributed by atoms with Gasteiger partial charge in [0.1, 0.15) is 6.04 Å². The average Bonchev–Trinajstić information content (AvgIpc) is 2.57. The van der Waals surface area contributed by atoms with Gasteiger partial charge in [0.05, 0.1) is 6.54 Å². The Labute approximate surface area is 150 Å². The van der Waals surface area contributed by atoms with Crippen LogP contribution in [0.15, 0.2) is 18.2 Å². The number of likely N-dealkylation sites (tertiary alicyclic amines) is 1. The minimum absolute atomic E-state index is 0.208. The summed E-state index contributed by atoms with van der Waals surface area (Å²) < 4.78 is 24.9. The van der Waals surface area contributed by atoms with Crippen molar-refractivity contribution in [1.82, 2.24) is 25.2 Å². The standard InChI is InChI=1S/C12H13N5O9S/c18-7-2-1-5(3-8(7)19)9(20)14-16-27(25,26)15-11(22)17-4-6(10(17)21)13-12(23)24/h1-3,6,13,16,18-19H,4H2,(H,14,20)(H,15,22)(H,23,24)/t6-/m0/s1. The third-order valence-electron chi connectivity index (χ3n) is 3.23. The number of nitrogens with one attached hydrogen (secondary N) is 4. The van der Waals surface area contributed by atoms with Gasteiger partial charge < -0.3 is 20.6 Å². The van der Waals surface area contributed by atoms with E-state index in [2.05, 4.69) is 0 Å². The van der Waals surface area contributed by atoms with Crippen LogP contribution in [-0.4, -0.2) is 65.2 Å². The molecular weight excluding hydrogens is 390 g/mol. The van der Waals surface area contributed by atoms with Crippen LogP contribution in [0.1, 0.15) is 10.4 Å². The summed E-state index contributed by atoms with van der Waals surface area (Å²) in [7, 11) is -4.61. The number of hydrogen-bond donors (Lipinski definition) is 7. The van der Waals surface area contributed by atoms with E-state index in [0.717, 1.165) is 18.2 Å². The molecule has 0 spiro atoms. The number of carboxylic acid groups (broad SMARTS) is 1. The van der Waals surface area contributed by atoms with Gasteiger partial charge in [0, 0.05) is 5.56 Å². The molecule has 1 aromatic rings. The van der Waals surface area contributed by atoms with Gasteiger partial charge in [-0.1, -0.05) is 0 Å². The molecule has 0 aromatic heterocycles. The molecule has 1 heterocycles. The molecule has 146 valence electrons. The Morgan fingerprint density at radius 2 is 1.81 bits per heavy atom. The second-order valence-electron chi connectivity index (χ2n) is 5.12. The summed E-state index contributed by atoms with van der Waals surface area (Å²) in [6.07, 6.45) is -1.48. The van der Waals surface area contributed by atoms with Crippen LogP contribution >= 0.6 is 0 Å². The van der Waals surface area contributed by atoms with Gasteiger partial charge >= 0.3 is 22.3 Å². The number of hydrazine groups is 1. The number of carbonyl (C=O) groups excluding carboxylic acids is 3. The van der Waals surface area contributed by atoms with Gasteiger partial charge in [-0.3, -0.25) is 19.9 Å².